The predicted octanol–water partition coefficient (Wildman–Crippen LogP) is 2.38. The van der Waals surface area contributed by atoms with Crippen molar-refractivity contribution in [1.29, 1.82) is 0 Å². The molecule has 170 valence electrons. The van der Waals surface area contributed by atoms with Crippen molar-refractivity contribution >= 4 is 21.9 Å². The molecular weight excluding hydrogens is 490 g/mol. The fourth-order valence-corrected chi connectivity index (χ4v) is 3.28. The van der Waals surface area contributed by atoms with Gasteiger partial charge in [0.1, 0.15) is 28.5 Å². The number of nitrogens with zero attached hydrogens (tertiary/aromatic N) is 3. The van der Waals surface area contributed by atoms with Gasteiger partial charge in [0.2, 0.25) is 5.95 Å². The molecule has 3 N–H and O–H groups in total. The lowest BCUT2D eigenvalue weighted by Gasteiger charge is -2.15. The van der Waals surface area contributed by atoms with Crippen molar-refractivity contribution < 1.29 is 23.7 Å². The van der Waals surface area contributed by atoms with Gasteiger partial charge in [-0.1, -0.05) is 0 Å². The van der Waals surface area contributed by atoms with E-state index in [1.54, 1.807) is 13.0 Å². The van der Waals surface area contributed by atoms with Crippen LogP contribution in [0.5, 0.6) is 5.75 Å². The zero-order chi connectivity index (χ0) is 23.3. The van der Waals surface area contributed by atoms with E-state index in [4.69, 9.17) is 14.9 Å². The Kier molecular flexibility index (Phi) is 7.89. The van der Waals surface area contributed by atoms with E-state index in [1.807, 2.05) is 0 Å². The number of rotatable bonds is 9. The SMILES string of the molecule is Cc1cc(OCc2ccc(F)cc2F)c(Br)c(=O)n1Cc1cnc(NC(CO)CO)nc1. The molecule has 0 unspecified atom stereocenters. The summed E-state index contributed by atoms with van der Waals surface area (Å²) < 4.78 is 34.1. The minimum atomic E-state index is -0.728. The Hall–Kier alpha value is -2.89. The molecule has 3 rings (SSSR count). The number of pyridine rings is 1. The van der Waals surface area contributed by atoms with Crippen LogP contribution in [0, 0.1) is 18.6 Å². The maximum atomic E-state index is 13.8. The summed E-state index contributed by atoms with van der Waals surface area (Å²) >= 11 is 3.24. The second-order valence-corrected chi connectivity index (χ2v) is 7.79. The van der Waals surface area contributed by atoms with Crippen LogP contribution in [0.15, 0.2) is 45.9 Å². The van der Waals surface area contributed by atoms with Gasteiger partial charge in [0.25, 0.3) is 5.56 Å². The zero-order valence-electron chi connectivity index (χ0n) is 17.1. The number of ether oxygens (including phenoxy) is 1. The lowest BCUT2D eigenvalue weighted by Crippen LogP contribution is -2.28. The highest BCUT2D eigenvalue weighted by Crippen LogP contribution is 2.24. The third-order valence-corrected chi connectivity index (χ3v) is 5.36. The molecule has 11 heteroatoms. The molecule has 1 aromatic carbocycles. The molecule has 0 aliphatic carbocycles. The Morgan fingerprint density at radius 3 is 2.50 bits per heavy atom. The molecule has 2 aromatic heterocycles. The van der Waals surface area contributed by atoms with Gasteiger partial charge < -0.3 is 24.8 Å². The van der Waals surface area contributed by atoms with Gasteiger partial charge in [0.15, 0.2) is 0 Å². The molecule has 0 aliphatic rings. The quantitative estimate of drug-likeness (QED) is 0.405. The lowest BCUT2D eigenvalue weighted by atomic mass is 10.2. The summed E-state index contributed by atoms with van der Waals surface area (Å²) in [5.41, 5.74) is 1.05. The number of aromatic nitrogens is 3. The minimum absolute atomic E-state index is 0.163. The van der Waals surface area contributed by atoms with Crippen molar-refractivity contribution in [2.24, 2.45) is 0 Å². The van der Waals surface area contributed by atoms with Gasteiger partial charge in [0.05, 0.1) is 25.8 Å². The number of benzene rings is 1. The fraction of sp³-hybridized carbons (Fsp3) is 0.286. The highest BCUT2D eigenvalue weighted by atomic mass is 79.9. The summed E-state index contributed by atoms with van der Waals surface area (Å²) in [6, 6.07) is 4.26. The second kappa shape index (κ2) is 10.6. The van der Waals surface area contributed by atoms with E-state index in [1.165, 1.54) is 23.0 Å². The molecule has 0 saturated carbocycles. The van der Waals surface area contributed by atoms with Gasteiger partial charge in [0, 0.05) is 41.3 Å². The van der Waals surface area contributed by atoms with Crippen molar-refractivity contribution in [2.75, 3.05) is 18.5 Å². The largest absolute Gasteiger partial charge is 0.487 e. The third kappa shape index (κ3) is 5.67. The van der Waals surface area contributed by atoms with E-state index in [-0.39, 0.29) is 53.7 Å². The van der Waals surface area contributed by atoms with Crippen LogP contribution in [0.4, 0.5) is 14.7 Å². The number of aliphatic hydroxyl groups excluding tert-OH is 2. The maximum absolute atomic E-state index is 13.8. The number of aryl methyl sites for hydroxylation is 1. The first-order chi connectivity index (χ1) is 15.3. The van der Waals surface area contributed by atoms with Gasteiger partial charge in [-0.2, -0.15) is 0 Å². The standard InChI is InChI=1S/C21H21BrF2N4O4/c1-12-4-18(32-11-14-2-3-15(23)5-17(14)24)19(22)20(31)28(12)8-13-6-25-21(26-7-13)27-16(9-29)10-30/h2-7,16,29-30H,8-11H2,1H3,(H,25,26,27). The summed E-state index contributed by atoms with van der Waals surface area (Å²) in [5.74, 6) is -0.931. The van der Waals surface area contributed by atoms with Gasteiger partial charge in [-0.3, -0.25) is 4.79 Å². The molecule has 8 nitrogen and oxygen atoms in total. The lowest BCUT2D eigenvalue weighted by molar-refractivity contribution is 0.203. The van der Waals surface area contributed by atoms with Gasteiger partial charge in [-0.15, -0.1) is 0 Å². The number of aliphatic hydroxyl groups is 2. The number of hydrogen-bond donors (Lipinski definition) is 3. The summed E-state index contributed by atoms with van der Waals surface area (Å²) in [5, 5.41) is 21.0. The van der Waals surface area contributed by atoms with Gasteiger partial charge >= 0.3 is 0 Å². The van der Waals surface area contributed by atoms with E-state index < -0.39 is 17.7 Å². The number of halogens is 3. The third-order valence-electron chi connectivity index (χ3n) is 4.63. The smallest absolute Gasteiger partial charge is 0.269 e. The summed E-state index contributed by atoms with van der Waals surface area (Å²) in [7, 11) is 0. The fourth-order valence-electron chi connectivity index (χ4n) is 2.84. The second-order valence-electron chi connectivity index (χ2n) is 7.00. The van der Waals surface area contributed by atoms with E-state index in [0.717, 1.165) is 12.1 Å². The molecule has 0 aliphatic heterocycles. The molecule has 0 atom stereocenters. The van der Waals surface area contributed by atoms with Crippen molar-refractivity contribution in [1.82, 2.24) is 14.5 Å². The monoisotopic (exact) mass is 510 g/mol. The molecule has 0 spiro atoms. The topological polar surface area (TPSA) is 110 Å². The highest BCUT2D eigenvalue weighted by molar-refractivity contribution is 9.10. The van der Waals surface area contributed by atoms with E-state index in [0.29, 0.717) is 11.3 Å². The first kappa shape index (κ1) is 23.8. The maximum Gasteiger partial charge on any atom is 0.269 e. The van der Waals surface area contributed by atoms with Crippen molar-refractivity contribution in [3.63, 3.8) is 0 Å². The predicted molar refractivity (Wildman–Crippen MR) is 117 cm³/mol. The number of nitrogens with one attached hydrogen (secondary N) is 1. The molecule has 2 heterocycles. The van der Waals surface area contributed by atoms with E-state index in [2.05, 4.69) is 31.2 Å². The molecule has 0 radical (unpaired) electrons. The molecule has 0 saturated heterocycles. The zero-order valence-corrected chi connectivity index (χ0v) is 18.6. The number of hydrogen-bond acceptors (Lipinski definition) is 7. The normalized spacial score (nSPS) is 11.1. The Morgan fingerprint density at radius 2 is 1.88 bits per heavy atom. The van der Waals surface area contributed by atoms with E-state index >= 15 is 0 Å². The average molecular weight is 511 g/mol. The molecule has 0 amide bonds. The van der Waals surface area contributed by atoms with Crippen LogP contribution >= 0.6 is 15.9 Å². The van der Waals surface area contributed by atoms with Gasteiger partial charge in [-0.25, -0.2) is 18.7 Å². The summed E-state index contributed by atoms with van der Waals surface area (Å²) in [6.45, 7) is 1.21. The van der Waals surface area contributed by atoms with Crippen LogP contribution in [0.2, 0.25) is 0 Å². The molecule has 0 bridgehead atoms. The molecular formula is C21H21BrF2N4O4. The van der Waals surface area contributed by atoms with Crippen LogP contribution in [0.3, 0.4) is 0 Å². The van der Waals surface area contributed by atoms with Crippen molar-refractivity contribution in [3.05, 3.63) is 79.9 Å². The van der Waals surface area contributed by atoms with Crippen LogP contribution in [-0.4, -0.2) is 44.0 Å². The van der Waals surface area contributed by atoms with Gasteiger partial charge in [-0.05, 0) is 35.0 Å². The molecule has 0 fully saturated rings. The first-order valence-corrected chi connectivity index (χ1v) is 10.4. The molecule has 32 heavy (non-hydrogen) atoms. The van der Waals surface area contributed by atoms with Crippen molar-refractivity contribution in [3.8, 4) is 5.75 Å². The molecule has 3 aromatic rings. The number of anilines is 1. The highest BCUT2D eigenvalue weighted by Gasteiger charge is 2.14. The van der Waals surface area contributed by atoms with E-state index in [9.17, 15) is 13.6 Å². The van der Waals surface area contributed by atoms with Crippen LogP contribution < -0.4 is 15.6 Å². The Labute approximate surface area is 190 Å². The van der Waals surface area contributed by atoms with Crippen molar-refractivity contribution in [2.45, 2.75) is 26.1 Å². The van der Waals surface area contributed by atoms with Crippen LogP contribution in [0.1, 0.15) is 16.8 Å². The average Bonchev–Trinajstić information content (AvgIpc) is 2.78. The first-order valence-electron chi connectivity index (χ1n) is 9.58. The van der Waals surface area contributed by atoms with Crippen LogP contribution in [0.25, 0.3) is 0 Å². The van der Waals surface area contributed by atoms with Crippen LogP contribution in [-0.2, 0) is 13.2 Å². The Morgan fingerprint density at radius 1 is 1.19 bits per heavy atom. The Balaban J connectivity index is 1.74. The summed E-state index contributed by atoms with van der Waals surface area (Å²) in [4.78, 5) is 21.1. The summed E-state index contributed by atoms with van der Waals surface area (Å²) in [6.07, 6.45) is 3.06. The Bertz CT molecular complexity index is 1140. The minimum Gasteiger partial charge on any atom is -0.487 e.